The highest BCUT2D eigenvalue weighted by atomic mass is 35.5. The highest BCUT2D eigenvalue weighted by Gasteiger charge is 2.25. The van der Waals surface area contributed by atoms with Crippen molar-refractivity contribution < 1.29 is 14.3 Å². The first-order valence-electron chi connectivity index (χ1n) is 9.81. The molecule has 1 amide bonds. The van der Waals surface area contributed by atoms with Gasteiger partial charge in [-0.1, -0.05) is 23.7 Å². The minimum atomic E-state index is 0.0788. The number of carbonyl (C=O) groups excluding carboxylic acids is 1. The summed E-state index contributed by atoms with van der Waals surface area (Å²) in [5.41, 5.74) is 5.83. The standard InChI is InChI=1S/C23H24ClN3O3/c1-14-19(23(26-25-14)15-4-6-18(24)7-5-15)12-22(28)27-9-8-16-10-20(29-2)21(30-3)11-17(16)13-27/h4-7,10-11H,8-9,12-13H2,1-3H3,(H,25,26). The van der Waals surface area contributed by atoms with Crippen LogP contribution < -0.4 is 9.47 Å². The molecule has 156 valence electrons. The summed E-state index contributed by atoms with van der Waals surface area (Å²) < 4.78 is 10.8. The lowest BCUT2D eigenvalue weighted by Gasteiger charge is -2.30. The molecule has 1 aliphatic heterocycles. The van der Waals surface area contributed by atoms with Gasteiger partial charge in [0, 0.05) is 34.9 Å². The average molecular weight is 426 g/mol. The zero-order chi connectivity index (χ0) is 21.3. The van der Waals surface area contributed by atoms with E-state index in [9.17, 15) is 4.79 Å². The van der Waals surface area contributed by atoms with Gasteiger partial charge in [-0.2, -0.15) is 5.10 Å². The number of hydrogen-bond donors (Lipinski definition) is 1. The molecule has 1 aliphatic rings. The van der Waals surface area contributed by atoms with Crippen molar-refractivity contribution in [2.24, 2.45) is 0 Å². The summed E-state index contributed by atoms with van der Waals surface area (Å²) in [4.78, 5) is 15.0. The van der Waals surface area contributed by atoms with E-state index in [1.165, 1.54) is 5.56 Å². The number of aromatic amines is 1. The molecule has 0 saturated heterocycles. The Labute approximate surface area is 180 Å². The van der Waals surface area contributed by atoms with Crippen LogP contribution in [-0.2, 0) is 24.2 Å². The molecular formula is C23H24ClN3O3. The summed E-state index contributed by atoms with van der Waals surface area (Å²) in [6.07, 6.45) is 1.08. The van der Waals surface area contributed by atoms with Gasteiger partial charge in [-0.25, -0.2) is 0 Å². The lowest BCUT2D eigenvalue weighted by molar-refractivity contribution is -0.131. The largest absolute Gasteiger partial charge is 0.493 e. The normalized spacial score (nSPS) is 13.1. The third kappa shape index (κ3) is 3.87. The molecule has 30 heavy (non-hydrogen) atoms. The van der Waals surface area contributed by atoms with Crippen LogP contribution in [0.5, 0.6) is 11.5 Å². The van der Waals surface area contributed by atoms with E-state index in [1.54, 1.807) is 14.2 Å². The summed E-state index contributed by atoms with van der Waals surface area (Å²) in [5.74, 6) is 1.48. The van der Waals surface area contributed by atoms with Crippen molar-refractivity contribution in [2.45, 2.75) is 26.3 Å². The van der Waals surface area contributed by atoms with Crippen LogP contribution in [0.1, 0.15) is 22.4 Å². The fourth-order valence-electron chi connectivity index (χ4n) is 3.87. The highest BCUT2D eigenvalue weighted by Crippen LogP contribution is 2.33. The van der Waals surface area contributed by atoms with Gasteiger partial charge in [-0.05, 0) is 48.7 Å². The first-order chi connectivity index (χ1) is 14.5. The molecule has 6 nitrogen and oxygen atoms in total. The van der Waals surface area contributed by atoms with Crippen LogP contribution in [0.25, 0.3) is 11.3 Å². The average Bonchev–Trinajstić information content (AvgIpc) is 3.12. The Morgan fingerprint density at radius 3 is 2.47 bits per heavy atom. The number of benzene rings is 2. The van der Waals surface area contributed by atoms with Crippen LogP contribution in [-0.4, -0.2) is 41.8 Å². The molecule has 0 fully saturated rings. The fourth-order valence-corrected chi connectivity index (χ4v) is 4.00. The van der Waals surface area contributed by atoms with Crippen LogP contribution in [0.4, 0.5) is 0 Å². The Morgan fingerprint density at radius 2 is 1.80 bits per heavy atom. The topological polar surface area (TPSA) is 67.5 Å². The summed E-state index contributed by atoms with van der Waals surface area (Å²) in [5, 5.41) is 8.11. The van der Waals surface area contributed by atoms with Crippen molar-refractivity contribution >= 4 is 17.5 Å². The summed E-state index contributed by atoms with van der Waals surface area (Å²) >= 11 is 6.01. The van der Waals surface area contributed by atoms with Gasteiger partial charge in [-0.15, -0.1) is 0 Å². The molecule has 0 unspecified atom stereocenters. The van der Waals surface area contributed by atoms with E-state index in [1.807, 2.05) is 48.2 Å². The van der Waals surface area contributed by atoms with E-state index in [0.717, 1.165) is 40.2 Å². The number of carbonyl (C=O) groups is 1. The van der Waals surface area contributed by atoms with Gasteiger partial charge in [0.25, 0.3) is 0 Å². The fraction of sp³-hybridized carbons (Fsp3) is 0.304. The molecule has 3 aromatic rings. The zero-order valence-electron chi connectivity index (χ0n) is 17.3. The van der Waals surface area contributed by atoms with E-state index < -0.39 is 0 Å². The molecule has 4 rings (SSSR count). The van der Waals surface area contributed by atoms with E-state index in [0.29, 0.717) is 30.3 Å². The third-order valence-electron chi connectivity index (χ3n) is 5.59. The number of hydrogen-bond acceptors (Lipinski definition) is 4. The van der Waals surface area contributed by atoms with Gasteiger partial charge in [0.05, 0.1) is 26.3 Å². The van der Waals surface area contributed by atoms with E-state index >= 15 is 0 Å². The second-order valence-electron chi connectivity index (χ2n) is 7.40. The predicted molar refractivity (Wildman–Crippen MR) is 116 cm³/mol. The lowest BCUT2D eigenvalue weighted by Crippen LogP contribution is -2.37. The second kappa shape index (κ2) is 8.40. The number of halogens is 1. The Bertz CT molecular complexity index is 1080. The number of amides is 1. The third-order valence-corrected chi connectivity index (χ3v) is 5.84. The number of nitrogens with one attached hydrogen (secondary N) is 1. The van der Waals surface area contributed by atoms with Crippen molar-refractivity contribution in [3.8, 4) is 22.8 Å². The monoisotopic (exact) mass is 425 g/mol. The maximum absolute atomic E-state index is 13.1. The highest BCUT2D eigenvalue weighted by molar-refractivity contribution is 6.30. The molecule has 1 aromatic heterocycles. The van der Waals surface area contributed by atoms with Crippen LogP contribution in [0.2, 0.25) is 5.02 Å². The van der Waals surface area contributed by atoms with Crippen molar-refractivity contribution in [3.63, 3.8) is 0 Å². The number of aromatic nitrogens is 2. The Morgan fingerprint density at radius 1 is 1.13 bits per heavy atom. The van der Waals surface area contributed by atoms with Crippen molar-refractivity contribution in [3.05, 3.63) is 63.8 Å². The van der Waals surface area contributed by atoms with Gasteiger partial charge in [0.15, 0.2) is 11.5 Å². The number of H-pyrrole nitrogens is 1. The molecule has 7 heteroatoms. The number of nitrogens with zero attached hydrogens (tertiary/aromatic N) is 2. The number of rotatable bonds is 5. The molecule has 1 N–H and O–H groups in total. The predicted octanol–water partition coefficient (Wildman–Crippen LogP) is 4.18. The van der Waals surface area contributed by atoms with E-state index in [2.05, 4.69) is 10.2 Å². The quantitative estimate of drug-likeness (QED) is 0.665. The Kier molecular flexibility index (Phi) is 5.68. The van der Waals surface area contributed by atoms with Gasteiger partial charge in [0.1, 0.15) is 0 Å². The summed E-state index contributed by atoms with van der Waals surface area (Å²) in [6.45, 7) is 3.17. The van der Waals surface area contributed by atoms with Gasteiger partial charge in [-0.3, -0.25) is 9.89 Å². The number of aryl methyl sites for hydroxylation is 1. The molecule has 0 spiro atoms. The molecule has 0 atom stereocenters. The van der Waals surface area contributed by atoms with Crippen LogP contribution in [0, 0.1) is 6.92 Å². The Hall–Kier alpha value is -2.99. The van der Waals surface area contributed by atoms with Crippen molar-refractivity contribution in [1.29, 1.82) is 0 Å². The SMILES string of the molecule is COc1cc2c(cc1OC)CN(C(=O)Cc1c(-c3ccc(Cl)cc3)n[nH]c1C)CC2. The minimum Gasteiger partial charge on any atom is -0.493 e. The minimum absolute atomic E-state index is 0.0788. The second-order valence-corrected chi connectivity index (χ2v) is 7.84. The van der Waals surface area contributed by atoms with Gasteiger partial charge < -0.3 is 14.4 Å². The first-order valence-corrected chi connectivity index (χ1v) is 10.2. The van der Waals surface area contributed by atoms with E-state index in [4.69, 9.17) is 21.1 Å². The molecule has 0 radical (unpaired) electrons. The molecule has 0 bridgehead atoms. The maximum Gasteiger partial charge on any atom is 0.227 e. The Balaban J connectivity index is 1.55. The maximum atomic E-state index is 13.1. The number of ether oxygens (including phenoxy) is 2. The molecular weight excluding hydrogens is 402 g/mol. The van der Waals surface area contributed by atoms with Crippen molar-refractivity contribution in [2.75, 3.05) is 20.8 Å². The molecule has 2 aromatic carbocycles. The number of methoxy groups -OCH3 is 2. The smallest absolute Gasteiger partial charge is 0.227 e. The lowest BCUT2D eigenvalue weighted by atomic mass is 9.97. The van der Waals surface area contributed by atoms with Gasteiger partial charge >= 0.3 is 0 Å². The van der Waals surface area contributed by atoms with Gasteiger partial charge in [0.2, 0.25) is 5.91 Å². The summed E-state index contributed by atoms with van der Waals surface area (Å²) in [6, 6.07) is 11.5. The number of fused-ring (bicyclic) bond motifs is 1. The van der Waals surface area contributed by atoms with Crippen LogP contribution in [0.15, 0.2) is 36.4 Å². The first kappa shape index (κ1) is 20.3. The van der Waals surface area contributed by atoms with Crippen LogP contribution >= 0.6 is 11.6 Å². The zero-order valence-corrected chi connectivity index (χ0v) is 18.0. The van der Waals surface area contributed by atoms with Crippen molar-refractivity contribution in [1.82, 2.24) is 15.1 Å². The molecule has 2 heterocycles. The molecule has 0 saturated carbocycles. The summed E-state index contributed by atoms with van der Waals surface area (Å²) in [7, 11) is 3.25. The van der Waals surface area contributed by atoms with E-state index in [-0.39, 0.29) is 5.91 Å². The van der Waals surface area contributed by atoms with Crippen LogP contribution in [0.3, 0.4) is 0 Å². The molecule has 0 aliphatic carbocycles.